The second kappa shape index (κ2) is 10.4. The number of nitrogens with zero attached hydrogens (tertiary/aromatic N) is 3. The third-order valence-corrected chi connectivity index (χ3v) is 7.45. The van der Waals surface area contributed by atoms with Crippen LogP contribution >= 0.6 is 61.1 Å². The lowest BCUT2D eigenvalue weighted by molar-refractivity contribution is 0.174. The molecule has 0 saturated heterocycles. The summed E-state index contributed by atoms with van der Waals surface area (Å²) in [6.07, 6.45) is 2.26. The van der Waals surface area contributed by atoms with Crippen LogP contribution in [0.4, 0.5) is 0 Å². The van der Waals surface area contributed by atoms with Crippen LogP contribution in [0.5, 0.6) is 17.2 Å². The van der Waals surface area contributed by atoms with E-state index < -0.39 is 0 Å². The van der Waals surface area contributed by atoms with E-state index in [1.165, 1.54) is 4.68 Å². The Kier molecular flexibility index (Phi) is 7.30. The van der Waals surface area contributed by atoms with Gasteiger partial charge in [-0.1, -0.05) is 28.9 Å². The molecule has 5 rings (SSSR count). The van der Waals surface area contributed by atoms with Gasteiger partial charge in [0.05, 0.1) is 24.3 Å². The van der Waals surface area contributed by atoms with Crippen LogP contribution in [0.1, 0.15) is 23.9 Å². The SMILES string of the molecule is CCc1nc2ccc(Br)cc2c(=O)n1N=Cc1cc(I)c(OCc2ccc3c(c2)OCO3)c(I)c1. The van der Waals surface area contributed by atoms with E-state index in [2.05, 4.69) is 71.2 Å². The van der Waals surface area contributed by atoms with Gasteiger partial charge in [0.15, 0.2) is 11.5 Å². The number of benzene rings is 3. The standard InChI is InChI=1S/C25H18BrI2N3O4/c1-2-23-30-20-5-4-16(26)10-17(20)25(32)31(23)29-11-15-7-18(27)24(19(28)8-15)33-12-14-3-6-21-22(9-14)35-13-34-21/h3-11H,2,12-13H2,1H3. The quantitative estimate of drug-likeness (QED) is 0.175. The molecule has 1 aliphatic rings. The Morgan fingerprint density at radius 1 is 1.11 bits per heavy atom. The molecule has 4 aromatic rings. The first-order chi connectivity index (χ1) is 16.9. The minimum atomic E-state index is -0.197. The minimum absolute atomic E-state index is 0.197. The first-order valence-corrected chi connectivity index (χ1v) is 13.6. The Labute approximate surface area is 236 Å². The lowest BCUT2D eigenvalue weighted by Crippen LogP contribution is -2.22. The predicted octanol–water partition coefficient (Wildman–Crippen LogP) is 6.12. The summed E-state index contributed by atoms with van der Waals surface area (Å²) in [4.78, 5) is 17.7. The van der Waals surface area contributed by atoms with Gasteiger partial charge in [0.2, 0.25) is 6.79 Å². The summed E-state index contributed by atoms with van der Waals surface area (Å²) in [5.74, 6) is 2.89. The fraction of sp³-hybridized carbons (Fsp3) is 0.160. The summed E-state index contributed by atoms with van der Waals surface area (Å²) < 4.78 is 21.0. The first kappa shape index (κ1) is 24.5. The Morgan fingerprint density at radius 3 is 2.66 bits per heavy atom. The largest absolute Gasteiger partial charge is 0.487 e. The van der Waals surface area contributed by atoms with Crippen LogP contribution in [0.2, 0.25) is 0 Å². The fourth-order valence-electron chi connectivity index (χ4n) is 3.65. The Balaban J connectivity index is 1.40. The van der Waals surface area contributed by atoms with Gasteiger partial charge in [-0.25, -0.2) is 4.98 Å². The average molecular weight is 758 g/mol. The summed E-state index contributed by atoms with van der Waals surface area (Å²) in [6, 6.07) is 15.2. The monoisotopic (exact) mass is 757 g/mol. The molecule has 0 radical (unpaired) electrons. The van der Waals surface area contributed by atoms with E-state index in [1.54, 1.807) is 12.3 Å². The van der Waals surface area contributed by atoms with Crippen LogP contribution in [-0.4, -0.2) is 22.7 Å². The van der Waals surface area contributed by atoms with Crippen LogP contribution in [0.25, 0.3) is 10.9 Å². The maximum Gasteiger partial charge on any atom is 0.282 e. The van der Waals surface area contributed by atoms with Gasteiger partial charge in [-0.3, -0.25) is 4.79 Å². The lowest BCUT2D eigenvalue weighted by atomic mass is 10.2. The van der Waals surface area contributed by atoms with Gasteiger partial charge in [0, 0.05) is 10.9 Å². The molecular weight excluding hydrogens is 740 g/mol. The van der Waals surface area contributed by atoms with Crippen molar-refractivity contribution in [2.24, 2.45) is 5.10 Å². The number of halogens is 3. The van der Waals surface area contributed by atoms with Gasteiger partial charge in [0.25, 0.3) is 5.56 Å². The molecule has 0 atom stereocenters. The number of rotatable bonds is 6. The summed E-state index contributed by atoms with van der Waals surface area (Å²) in [5, 5.41) is 5.01. The highest BCUT2D eigenvalue weighted by molar-refractivity contribution is 14.1. The zero-order valence-corrected chi connectivity index (χ0v) is 24.3. The van der Waals surface area contributed by atoms with E-state index >= 15 is 0 Å². The van der Waals surface area contributed by atoms with Gasteiger partial charge in [0.1, 0.15) is 18.2 Å². The van der Waals surface area contributed by atoms with Crippen LogP contribution in [0, 0.1) is 7.14 Å². The normalized spacial score (nSPS) is 12.6. The molecule has 1 aromatic heterocycles. The maximum atomic E-state index is 13.1. The zero-order valence-electron chi connectivity index (χ0n) is 18.4. The highest BCUT2D eigenvalue weighted by Gasteiger charge is 2.15. The number of fused-ring (bicyclic) bond motifs is 2. The maximum absolute atomic E-state index is 13.1. The lowest BCUT2D eigenvalue weighted by Gasteiger charge is -2.12. The summed E-state index contributed by atoms with van der Waals surface area (Å²) in [6.45, 7) is 2.61. The molecule has 0 spiro atoms. The van der Waals surface area contributed by atoms with Crippen LogP contribution < -0.4 is 19.8 Å². The predicted molar refractivity (Wildman–Crippen MR) is 155 cm³/mol. The molecule has 2 heterocycles. The van der Waals surface area contributed by atoms with Crippen molar-refractivity contribution in [3.8, 4) is 17.2 Å². The molecule has 10 heteroatoms. The Morgan fingerprint density at radius 2 is 1.89 bits per heavy atom. The molecule has 178 valence electrons. The van der Waals surface area contributed by atoms with E-state index in [4.69, 9.17) is 14.2 Å². The van der Waals surface area contributed by atoms with Crippen molar-refractivity contribution >= 4 is 78.2 Å². The molecule has 1 aliphatic heterocycles. The molecule has 35 heavy (non-hydrogen) atoms. The highest BCUT2D eigenvalue weighted by atomic mass is 127. The smallest absolute Gasteiger partial charge is 0.282 e. The van der Waals surface area contributed by atoms with E-state index in [-0.39, 0.29) is 12.4 Å². The molecule has 0 saturated carbocycles. The van der Waals surface area contributed by atoms with E-state index in [9.17, 15) is 4.79 Å². The Bertz CT molecular complexity index is 1510. The van der Waals surface area contributed by atoms with Crippen molar-refractivity contribution in [3.63, 3.8) is 0 Å². The summed E-state index contributed by atoms with van der Waals surface area (Å²) in [7, 11) is 0. The van der Waals surface area contributed by atoms with Gasteiger partial charge < -0.3 is 14.2 Å². The minimum Gasteiger partial charge on any atom is -0.487 e. The van der Waals surface area contributed by atoms with Crippen LogP contribution in [-0.2, 0) is 13.0 Å². The van der Waals surface area contributed by atoms with Crippen molar-refractivity contribution in [1.29, 1.82) is 0 Å². The van der Waals surface area contributed by atoms with E-state index in [0.29, 0.717) is 29.8 Å². The molecular formula is C25H18BrI2N3O4. The van der Waals surface area contributed by atoms with Crippen molar-refractivity contribution in [3.05, 3.63) is 87.4 Å². The van der Waals surface area contributed by atoms with Gasteiger partial charge in [-0.2, -0.15) is 9.78 Å². The third kappa shape index (κ3) is 5.19. The Hall–Kier alpha value is -2.19. The fourth-order valence-corrected chi connectivity index (χ4v) is 6.13. The van der Waals surface area contributed by atoms with Crippen molar-refractivity contribution in [1.82, 2.24) is 9.66 Å². The van der Waals surface area contributed by atoms with E-state index in [0.717, 1.165) is 40.0 Å². The molecule has 3 aromatic carbocycles. The molecule has 0 aliphatic carbocycles. The van der Waals surface area contributed by atoms with Crippen molar-refractivity contribution in [2.75, 3.05) is 6.79 Å². The van der Waals surface area contributed by atoms with Gasteiger partial charge >= 0.3 is 0 Å². The molecule has 0 fully saturated rings. The molecule has 0 bridgehead atoms. The molecule has 7 nitrogen and oxygen atoms in total. The second-order valence-electron chi connectivity index (χ2n) is 7.69. The number of aryl methyl sites for hydroxylation is 1. The van der Waals surface area contributed by atoms with E-state index in [1.807, 2.05) is 49.4 Å². The second-order valence-corrected chi connectivity index (χ2v) is 10.9. The topological polar surface area (TPSA) is 74.9 Å². The van der Waals surface area contributed by atoms with Crippen LogP contribution in [0.3, 0.4) is 0 Å². The number of hydrogen-bond donors (Lipinski definition) is 0. The summed E-state index contributed by atoms with van der Waals surface area (Å²) >= 11 is 7.93. The number of hydrogen-bond acceptors (Lipinski definition) is 6. The molecule has 0 amide bonds. The highest BCUT2D eigenvalue weighted by Crippen LogP contribution is 2.34. The number of ether oxygens (including phenoxy) is 3. The van der Waals surface area contributed by atoms with Crippen LogP contribution in [0.15, 0.2) is 62.9 Å². The molecule has 0 N–H and O–H groups in total. The first-order valence-electron chi connectivity index (χ1n) is 10.7. The van der Waals surface area contributed by atoms with Crippen molar-refractivity contribution in [2.45, 2.75) is 20.0 Å². The summed E-state index contributed by atoms with van der Waals surface area (Å²) in [5.41, 5.74) is 2.32. The van der Waals surface area contributed by atoms with Gasteiger partial charge in [-0.05, 0) is 98.8 Å². The third-order valence-electron chi connectivity index (χ3n) is 5.35. The number of aromatic nitrogens is 2. The van der Waals surface area contributed by atoms with Crippen molar-refractivity contribution < 1.29 is 14.2 Å². The zero-order chi connectivity index (χ0) is 24.5. The van der Waals surface area contributed by atoms with Gasteiger partial charge in [-0.15, -0.1) is 0 Å². The molecule has 0 unspecified atom stereocenters. The average Bonchev–Trinajstić information content (AvgIpc) is 3.31.